The second-order valence-corrected chi connectivity index (χ2v) is 7.73. The first-order valence-corrected chi connectivity index (χ1v) is 9.01. The molecular weight excluding hydrogens is 333 g/mol. The molecule has 2 rings (SSSR count). The number of hydrogen-bond acceptors (Lipinski definition) is 3. The molecule has 100 valence electrons. The number of halogens is 2. The summed E-state index contributed by atoms with van der Waals surface area (Å²) < 4.78 is 14.6. The lowest BCUT2D eigenvalue weighted by atomic mass is 10.0. The van der Waals surface area contributed by atoms with Crippen molar-refractivity contribution in [1.82, 2.24) is 5.32 Å². The van der Waals surface area contributed by atoms with Gasteiger partial charge in [0.1, 0.15) is 5.82 Å². The van der Waals surface area contributed by atoms with E-state index in [1.165, 1.54) is 11.5 Å². The first-order valence-electron chi connectivity index (χ1n) is 6.01. The lowest BCUT2D eigenvalue weighted by molar-refractivity contribution is 0.533. The molecule has 0 saturated carbocycles. The molecule has 1 N–H and O–H groups in total. The SMILES string of the molecule is CNC(Cc1ccc(Br)cc1F)C1CSCCS1. The number of hydrogen-bond donors (Lipinski definition) is 1. The van der Waals surface area contributed by atoms with Gasteiger partial charge in [-0.3, -0.25) is 0 Å². The van der Waals surface area contributed by atoms with Gasteiger partial charge in [0.2, 0.25) is 0 Å². The summed E-state index contributed by atoms with van der Waals surface area (Å²) in [6.45, 7) is 0. The molecule has 1 aliphatic heterocycles. The summed E-state index contributed by atoms with van der Waals surface area (Å²) >= 11 is 7.30. The van der Waals surface area contributed by atoms with Crippen molar-refractivity contribution < 1.29 is 4.39 Å². The van der Waals surface area contributed by atoms with Crippen LogP contribution in [0.4, 0.5) is 4.39 Å². The van der Waals surface area contributed by atoms with Crippen molar-refractivity contribution in [3.63, 3.8) is 0 Å². The fourth-order valence-corrected chi connectivity index (χ4v) is 5.34. The van der Waals surface area contributed by atoms with Gasteiger partial charge in [-0.15, -0.1) is 0 Å². The van der Waals surface area contributed by atoms with E-state index in [9.17, 15) is 4.39 Å². The average Bonchev–Trinajstić information content (AvgIpc) is 2.39. The van der Waals surface area contributed by atoms with E-state index < -0.39 is 0 Å². The van der Waals surface area contributed by atoms with Crippen LogP contribution in [0.2, 0.25) is 0 Å². The van der Waals surface area contributed by atoms with Gasteiger partial charge in [0.15, 0.2) is 0 Å². The Bertz CT molecular complexity index is 397. The molecule has 2 atom stereocenters. The van der Waals surface area contributed by atoms with Gasteiger partial charge >= 0.3 is 0 Å². The maximum Gasteiger partial charge on any atom is 0.127 e. The molecule has 5 heteroatoms. The Morgan fingerprint density at radius 2 is 2.33 bits per heavy atom. The van der Waals surface area contributed by atoms with Crippen molar-refractivity contribution in [3.8, 4) is 0 Å². The summed E-state index contributed by atoms with van der Waals surface area (Å²) in [7, 11) is 1.97. The van der Waals surface area contributed by atoms with Crippen molar-refractivity contribution in [3.05, 3.63) is 34.1 Å². The highest BCUT2D eigenvalue weighted by Crippen LogP contribution is 2.28. The third-order valence-corrected chi connectivity index (χ3v) is 6.53. The second-order valence-electron chi connectivity index (χ2n) is 4.32. The Balaban J connectivity index is 2.04. The smallest absolute Gasteiger partial charge is 0.127 e. The third-order valence-electron chi connectivity index (χ3n) is 3.12. The highest BCUT2D eigenvalue weighted by molar-refractivity contribution is 9.10. The Morgan fingerprint density at radius 1 is 1.50 bits per heavy atom. The molecule has 1 aromatic carbocycles. The van der Waals surface area contributed by atoms with Crippen LogP contribution in [0, 0.1) is 5.82 Å². The fourth-order valence-electron chi connectivity index (χ4n) is 2.08. The number of thioether (sulfide) groups is 2. The first-order chi connectivity index (χ1) is 8.70. The van der Waals surface area contributed by atoms with Crippen molar-refractivity contribution in [2.45, 2.75) is 17.7 Å². The lowest BCUT2D eigenvalue weighted by Crippen LogP contribution is -2.40. The van der Waals surface area contributed by atoms with Crippen LogP contribution in [0.3, 0.4) is 0 Å². The van der Waals surface area contributed by atoms with E-state index in [0.717, 1.165) is 22.2 Å². The minimum absolute atomic E-state index is 0.113. The van der Waals surface area contributed by atoms with Gasteiger partial charge in [-0.05, 0) is 31.2 Å². The van der Waals surface area contributed by atoms with Gasteiger partial charge in [0.05, 0.1) is 0 Å². The standard InChI is InChI=1S/C13H17BrFNS2/c1-16-12(13-8-17-4-5-18-13)6-9-2-3-10(14)7-11(9)15/h2-3,7,12-13,16H,4-6,8H2,1H3. The van der Waals surface area contributed by atoms with E-state index in [4.69, 9.17) is 0 Å². The Labute approximate surface area is 125 Å². The van der Waals surface area contributed by atoms with E-state index in [0.29, 0.717) is 11.3 Å². The largest absolute Gasteiger partial charge is 0.316 e. The van der Waals surface area contributed by atoms with E-state index in [-0.39, 0.29) is 5.82 Å². The molecule has 2 unspecified atom stereocenters. The number of rotatable bonds is 4. The summed E-state index contributed by atoms with van der Waals surface area (Å²) in [5.74, 6) is 3.49. The van der Waals surface area contributed by atoms with Crippen LogP contribution in [-0.4, -0.2) is 35.6 Å². The average molecular weight is 350 g/mol. The topological polar surface area (TPSA) is 12.0 Å². The van der Waals surface area contributed by atoms with Gasteiger partial charge in [0, 0.05) is 33.0 Å². The zero-order valence-electron chi connectivity index (χ0n) is 10.3. The fraction of sp³-hybridized carbons (Fsp3) is 0.538. The van der Waals surface area contributed by atoms with E-state index in [1.807, 2.05) is 42.7 Å². The van der Waals surface area contributed by atoms with Crippen LogP contribution < -0.4 is 5.32 Å². The molecule has 0 radical (unpaired) electrons. The van der Waals surface area contributed by atoms with Crippen molar-refractivity contribution >= 4 is 39.5 Å². The van der Waals surface area contributed by atoms with E-state index >= 15 is 0 Å². The van der Waals surface area contributed by atoms with Crippen LogP contribution in [0.25, 0.3) is 0 Å². The summed E-state index contributed by atoms with van der Waals surface area (Å²) in [6.07, 6.45) is 0.758. The molecule has 1 aliphatic rings. The highest BCUT2D eigenvalue weighted by atomic mass is 79.9. The van der Waals surface area contributed by atoms with E-state index in [1.54, 1.807) is 6.07 Å². The zero-order valence-corrected chi connectivity index (χ0v) is 13.5. The third kappa shape index (κ3) is 3.89. The number of benzene rings is 1. The number of likely N-dealkylation sites (N-methyl/N-ethyl adjacent to an activating group) is 1. The molecule has 1 fully saturated rings. The van der Waals surface area contributed by atoms with Gasteiger partial charge in [-0.25, -0.2) is 4.39 Å². The molecule has 0 amide bonds. The van der Waals surface area contributed by atoms with E-state index in [2.05, 4.69) is 21.2 Å². The molecule has 18 heavy (non-hydrogen) atoms. The maximum atomic E-state index is 13.8. The van der Waals surface area contributed by atoms with Gasteiger partial charge in [0.25, 0.3) is 0 Å². The summed E-state index contributed by atoms with van der Waals surface area (Å²) in [5, 5.41) is 3.93. The minimum Gasteiger partial charge on any atom is -0.316 e. The predicted molar refractivity (Wildman–Crippen MR) is 84.2 cm³/mol. The summed E-state index contributed by atoms with van der Waals surface area (Å²) in [6, 6.07) is 5.68. The first kappa shape index (κ1) is 14.7. The normalized spacial score (nSPS) is 21.8. The Kier molecular flexibility index (Phi) is 5.86. The minimum atomic E-state index is -0.113. The van der Waals surface area contributed by atoms with Crippen molar-refractivity contribution in [1.29, 1.82) is 0 Å². The van der Waals surface area contributed by atoms with Gasteiger partial charge in [-0.1, -0.05) is 22.0 Å². The molecule has 0 aromatic heterocycles. The van der Waals surface area contributed by atoms with Gasteiger partial charge < -0.3 is 5.32 Å². The predicted octanol–water partition coefficient (Wildman–Crippen LogP) is 3.57. The summed E-state index contributed by atoms with van der Waals surface area (Å²) in [5.41, 5.74) is 0.800. The van der Waals surface area contributed by atoms with Crippen LogP contribution >= 0.6 is 39.5 Å². The molecule has 0 aliphatic carbocycles. The van der Waals surface area contributed by atoms with Gasteiger partial charge in [-0.2, -0.15) is 23.5 Å². The highest BCUT2D eigenvalue weighted by Gasteiger charge is 2.24. The lowest BCUT2D eigenvalue weighted by Gasteiger charge is -2.29. The maximum absolute atomic E-state index is 13.8. The van der Waals surface area contributed by atoms with Crippen LogP contribution in [0.1, 0.15) is 5.56 Å². The van der Waals surface area contributed by atoms with Crippen molar-refractivity contribution in [2.75, 3.05) is 24.3 Å². The molecule has 1 heterocycles. The second kappa shape index (κ2) is 7.17. The molecule has 0 spiro atoms. The Morgan fingerprint density at radius 3 is 2.94 bits per heavy atom. The Hall–Kier alpha value is 0.290. The molecule has 1 saturated heterocycles. The molecule has 0 bridgehead atoms. The summed E-state index contributed by atoms with van der Waals surface area (Å²) in [4.78, 5) is 0. The molecule has 1 aromatic rings. The quantitative estimate of drug-likeness (QED) is 0.892. The molecule has 1 nitrogen and oxygen atoms in total. The van der Waals surface area contributed by atoms with Crippen LogP contribution in [0.5, 0.6) is 0 Å². The van der Waals surface area contributed by atoms with Crippen LogP contribution in [-0.2, 0) is 6.42 Å². The van der Waals surface area contributed by atoms with Crippen molar-refractivity contribution in [2.24, 2.45) is 0 Å². The molecular formula is C13H17BrFNS2. The van der Waals surface area contributed by atoms with Crippen LogP contribution in [0.15, 0.2) is 22.7 Å². The monoisotopic (exact) mass is 349 g/mol. The zero-order chi connectivity index (χ0) is 13.0. The number of nitrogens with one attached hydrogen (secondary N) is 1.